The standard InChI is InChI=1S/C16H22N6O2S/c1-9(23)17-16-18-11(8-25-16)6-22-7-12(24-2)5-13(22)15-19-14(20-21-15)10-3-4-10/h8,10,12-13H,3-7H2,1-2H3,(H,17,18,23)(H,19,20,21)/t12-,13+/m1/s1. The summed E-state index contributed by atoms with van der Waals surface area (Å²) < 4.78 is 5.58. The van der Waals surface area contributed by atoms with Crippen molar-refractivity contribution in [3.63, 3.8) is 0 Å². The van der Waals surface area contributed by atoms with E-state index in [2.05, 4.69) is 25.4 Å². The average Bonchev–Trinajstić information content (AvgIpc) is 2.98. The molecule has 3 heterocycles. The molecule has 0 bridgehead atoms. The summed E-state index contributed by atoms with van der Waals surface area (Å²) in [4.78, 5) is 22.7. The van der Waals surface area contributed by atoms with Gasteiger partial charge < -0.3 is 10.1 Å². The van der Waals surface area contributed by atoms with Gasteiger partial charge in [-0.1, -0.05) is 0 Å². The molecule has 1 aliphatic heterocycles. The molecule has 2 aliphatic rings. The third-order valence-corrected chi connectivity index (χ3v) is 5.48. The quantitative estimate of drug-likeness (QED) is 0.817. The van der Waals surface area contributed by atoms with E-state index >= 15 is 0 Å². The van der Waals surface area contributed by atoms with E-state index in [4.69, 9.17) is 9.72 Å². The number of likely N-dealkylation sites (tertiary alicyclic amines) is 1. The number of nitrogens with one attached hydrogen (secondary N) is 2. The van der Waals surface area contributed by atoms with Gasteiger partial charge in [0.05, 0.1) is 17.8 Å². The summed E-state index contributed by atoms with van der Waals surface area (Å²) in [5.41, 5.74) is 0.942. The van der Waals surface area contributed by atoms with Gasteiger partial charge in [-0.15, -0.1) is 11.3 Å². The number of carbonyl (C=O) groups is 1. The van der Waals surface area contributed by atoms with Crippen LogP contribution >= 0.6 is 11.3 Å². The number of nitrogens with zero attached hydrogens (tertiary/aromatic N) is 4. The van der Waals surface area contributed by atoms with E-state index in [-0.39, 0.29) is 18.1 Å². The predicted molar refractivity (Wildman–Crippen MR) is 93.3 cm³/mol. The van der Waals surface area contributed by atoms with Crippen LogP contribution in [0.2, 0.25) is 0 Å². The third-order valence-electron chi connectivity index (χ3n) is 4.68. The van der Waals surface area contributed by atoms with Crippen molar-refractivity contribution >= 4 is 22.4 Å². The van der Waals surface area contributed by atoms with Crippen LogP contribution in [0.25, 0.3) is 0 Å². The Hall–Kier alpha value is -1.84. The van der Waals surface area contributed by atoms with Gasteiger partial charge in [-0.05, 0) is 19.3 Å². The normalized spacial score (nSPS) is 23.9. The van der Waals surface area contributed by atoms with Crippen molar-refractivity contribution in [2.75, 3.05) is 19.0 Å². The van der Waals surface area contributed by atoms with Crippen LogP contribution in [-0.2, 0) is 16.1 Å². The summed E-state index contributed by atoms with van der Waals surface area (Å²) >= 11 is 1.44. The van der Waals surface area contributed by atoms with E-state index in [9.17, 15) is 4.79 Å². The van der Waals surface area contributed by atoms with Gasteiger partial charge in [0.15, 0.2) is 11.0 Å². The third kappa shape index (κ3) is 3.73. The molecular formula is C16H22N6O2S. The molecule has 1 amide bonds. The Labute approximate surface area is 150 Å². The van der Waals surface area contributed by atoms with Crippen LogP contribution in [0.15, 0.2) is 5.38 Å². The maximum absolute atomic E-state index is 11.2. The Kier molecular flexibility index (Phi) is 4.53. The number of anilines is 1. The highest BCUT2D eigenvalue weighted by Gasteiger charge is 2.37. The zero-order valence-electron chi connectivity index (χ0n) is 14.4. The molecule has 8 nitrogen and oxygen atoms in total. The van der Waals surface area contributed by atoms with Crippen molar-refractivity contribution in [2.24, 2.45) is 0 Å². The maximum atomic E-state index is 11.2. The monoisotopic (exact) mass is 362 g/mol. The fourth-order valence-electron chi connectivity index (χ4n) is 3.25. The molecule has 25 heavy (non-hydrogen) atoms. The number of hydrogen-bond acceptors (Lipinski definition) is 7. The summed E-state index contributed by atoms with van der Waals surface area (Å²) in [6.45, 7) is 3.01. The SMILES string of the molecule is CO[C@@H]1C[C@@H](c2nc(C3CC3)n[nH]2)N(Cc2csc(NC(C)=O)n2)C1. The minimum absolute atomic E-state index is 0.103. The first-order valence-electron chi connectivity index (χ1n) is 8.53. The van der Waals surface area contributed by atoms with Crippen molar-refractivity contribution in [3.05, 3.63) is 22.7 Å². The number of carbonyl (C=O) groups excluding carboxylic acids is 1. The first-order valence-corrected chi connectivity index (χ1v) is 9.41. The van der Waals surface area contributed by atoms with Gasteiger partial charge in [0.2, 0.25) is 5.91 Å². The molecule has 1 aliphatic carbocycles. The lowest BCUT2D eigenvalue weighted by molar-refractivity contribution is -0.114. The van der Waals surface area contributed by atoms with E-state index in [1.165, 1.54) is 31.1 Å². The summed E-state index contributed by atoms with van der Waals surface area (Å²) in [5.74, 6) is 2.29. The van der Waals surface area contributed by atoms with Crippen molar-refractivity contribution < 1.29 is 9.53 Å². The van der Waals surface area contributed by atoms with Gasteiger partial charge in [-0.2, -0.15) is 5.10 Å². The molecule has 0 unspecified atom stereocenters. The zero-order valence-corrected chi connectivity index (χ0v) is 15.2. The van der Waals surface area contributed by atoms with Crippen LogP contribution in [0, 0.1) is 0 Å². The van der Waals surface area contributed by atoms with E-state index < -0.39 is 0 Å². The molecule has 2 aromatic heterocycles. The van der Waals surface area contributed by atoms with E-state index in [1.54, 1.807) is 7.11 Å². The first-order chi connectivity index (χ1) is 12.1. The number of amides is 1. The Morgan fingerprint density at radius 2 is 2.32 bits per heavy atom. The van der Waals surface area contributed by atoms with Crippen LogP contribution in [0.4, 0.5) is 5.13 Å². The summed E-state index contributed by atoms with van der Waals surface area (Å²) in [5, 5.41) is 12.9. The number of thiazole rings is 1. The predicted octanol–water partition coefficient (Wildman–Crippen LogP) is 2.06. The Bertz CT molecular complexity index is 755. The molecule has 2 fully saturated rings. The molecular weight excluding hydrogens is 340 g/mol. The second-order valence-corrected chi connectivity index (χ2v) is 7.58. The van der Waals surface area contributed by atoms with E-state index in [0.29, 0.717) is 17.6 Å². The molecule has 9 heteroatoms. The average molecular weight is 362 g/mol. The molecule has 2 N–H and O–H groups in total. The summed E-state index contributed by atoms with van der Waals surface area (Å²) in [7, 11) is 1.75. The molecule has 0 aromatic carbocycles. The number of rotatable bonds is 6. The largest absolute Gasteiger partial charge is 0.380 e. The molecule has 1 saturated heterocycles. The lowest BCUT2D eigenvalue weighted by atomic mass is 10.2. The topological polar surface area (TPSA) is 96.0 Å². The highest BCUT2D eigenvalue weighted by Crippen LogP contribution is 2.39. The lowest BCUT2D eigenvalue weighted by Gasteiger charge is -2.21. The van der Waals surface area contributed by atoms with Gasteiger partial charge >= 0.3 is 0 Å². The Morgan fingerprint density at radius 1 is 1.48 bits per heavy atom. The van der Waals surface area contributed by atoms with Crippen molar-refractivity contribution in [1.29, 1.82) is 0 Å². The van der Waals surface area contributed by atoms with Crippen molar-refractivity contribution in [3.8, 4) is 0 Å². The molecule has 4 rings (SSSR count). The van der Waals surface area contributed by atoms with Gasteiger partial charge in [0, 0.05) is 38.4 Å². The van der Waals surface area contributed by atoms with Gasteiger partial charge in [0.25, 0.3) is 0 Å². The van der Waals surface area contributed by atoms with Crippen molar-refractivity contribution in [2.45, 2.75) is 50.8 Å². The minimum Gasteiger partial charge on any atom is -0.380 e. The zero-order chi connectivity index (χ0) is 17.4. The van der Waals surface area contributed by atoms with Crippen LogP contribution in [0.5, 0.6) is 0 Å². The summed E-state index contributed by atoms with van der Waals surface area (Å²) in [6.07, 6.45) is 3.44. The number of aromatic nitrogens is 4. The molecule has 2 atom stereocenters. The van der Waals surface area contributed by atoms with E-state index in [0.717, 1.165) is 30.3 Å². The van der Waals surface area contributed by atoms with Crippen LogP contribution in [0.3, 0.4) is 0 Å². The molecule has 134 valence electrons. The first kappa shape index (κ1) is 16.6. The Balaban J connectivity index is 1.49. The lowest BCUT2D eigenvalue weighted by Crippen LogP contribution is -2.25. The van der Waals surface area contributed by atoms with Gasteiger partial charge in [-0.3, -0.25) is 14.8 Å². The van der Waals surface area contributed by atoms with Crippen molar-refractivity contribution in [1.82, 2.24) is 25.1 Å². The second kappa shape index (κ2) is 6.81. The van der Waals surface area contributed by atoms with Crippen LogP contribution in [-0.4, -0.2) is 50.7 Å². The molecule has 1 saturated carbocycles. The molecule has 0 spiro atoms. The molecule has 2 aromatic rings. The maximum Gasteiger partial charge on any atom is 0.223 e. The van der Waals surface area contributed by atoms with Crippen LogP contribution in [0.1, 0.15) is 55.5 Å². The number of H-pyrrole nitrogens is 1. The highest BCUT2D eigenvalue weighted by atomic mass is 32.1. The number of hydrogen-bond donors (Lipinski definition) is 2. The number of ether oxygens (including phenoxy) is 1. The van der Waals surface area contributed by atoms with Gasteiger partial charge in [0.1, 0.15) is 5.82 Å². The fourth-order valence-corrected chi connectivity index (χ4v) is 4.00. The van der Waals surface area contributed by atoms with Gasteiger partial charge in [-0.25, -0.2) is 9.97 Å². The fraction of sp³-hybridized carbons (Fsp3) is 0.625. The van der Waals surface area contributed by atoms with Crippen LogP contribution < -0.4 is 5.32 Å². The minimum atomic E-state index is -0.103. The Morgan fingerprint density at radius 3 is 3.04 bits per heavy atom. The highest BCUT2D eigenvalue weighted by molar-refractivity contribution is 7.13. The molecule has 0 radical (unpaired) electrons. The summed E-state index contributed by atoms with van der Waals surface area (Å²) in [6, 6.07) is 0.149. The second-order valence-electron chi connectivity index (χ2n) is 6.72. The van der Waals surface area contributed by atoms with E-state index in [1.807, 2.05) is 5.38 Å². The number of methoxy groups -OCH3 is 1. The number of aromatic amines is 1. The smallest absolute Gasteiger partial charge is 0.223 e.